The number of carbonyl (C=O) groups is 1. The van der Waals surface area contributed by atoms with Crippen LogP contribution in [-0.4, -0.2) is 38.7 Å². The summed E-state index contributed by atoms with van der Waals surface area (Å²) >= 11 is 6.71. The quantitative estimate of drug-likeness (QED) is 0.525. The van der Waals surface area contributed by atoms with Gasteiger partial charge in [0.05, 0.1) is 15.9 Å². The Bertz CT molecular complexity index is 390. The van der Waals surface area contributed by atoms with E-state index in [4.69, 9.17) is 13.9 Å². The summed E-state index contributed by atoms with van der Waals surface area (Å²) in [5.41, 5.74) is 0. The zero-order valence-corrected chi connectivity index (χ0v) is 15.4. The Morgan fingerprint density at radius 2 is 2.05 bits per heavy atom. The molecule has 0 aromatic carbocycles. The fourth-order valence-electron chi connectivity index (χ4n) is 2.42. The molecule has 7 heteroatoms. The summed E-state index contributed by atoms with van der Waals surface area (Å²) in [6.07, 6.45) is 2.45. The maximum atomic E-state index is 11.4. The summed E-state index contributed by atoms with van der Waals surface area (Å²) in [6.45, 7) is 6.43. The Morgan fingerprint density at radius 3 is 2.63 bits per heavy atom. The van der Waals surface area contributed by atoms with E-state index >= 15 is 0 Å². The minimum atomic E-state index is -1.68. The molecule has 0 aliphatic carbocycles. The van der Waals surface area contributed by atoms with Crippen molar-refractivity contribution < 1.29 is 18.7 Å². The highest BCUT2D eigenvalue weighted by Crippen LogP contribution is 2.34. The molecule has 0 N–H and O–H groups in total. The Hall–Kier alpha value is 0.307. The highest BCUT2D eigenvalue weighted by molar-refractivity contribution is 9.28. The maximum Gasteiger partial charge on any atom is 0.308 e. The number of fused-ring (bicyclic) bond motifs is 1. The zero-order valence-electron chi connectivity index (χ0n) is 11.2. The van der Waals surface area contributed by atoms with E-state index in [0.717, 1.165) is 3.39 Å². The molecule has 2 rings (SSSR count). The third kappa shape index (κ3) is 4.39. The van der Waals surface area contributed by atoms with Crippen LogP contribution in [-0.2, 0) is 18.7 Å². The van der Waals surface area contributed by atoms with Crippen molar-refractivity contribution in [3.63, 3.8) is 0 Å². The molecular formula is C12H18Br2O4Si. The molecule has 2 aliphatic heterocycles. The number of hydrogen-bond donors (Lipinski definition) is 0. The molecule has 19 heavy (non-hydrogen) atoms. The van der Waals surface area contributed by atoms with Crippen molar-refractivity contribution in [3.8, 4) is 0 Å². The van der Waals surface area contributed by atoms with E-state index in [1.54, 1.807) is 0 Å². The normalized spacial score (nSPS) is 34.7. The van der Waals surface area contributed by atoms with Crippen molar-refractivity contribution in [2.75, 3.05) is 0 Å². The molecular weight excluding hydrogens is 396 g/mol. The van der Waals surface area contributed by atoms with Gasteiger partial charge in [-0.2, -0.15) is 0 Å². The van der Waals surface area contributed by atoms with Gasteiger partial charge >= 0.3 is 5.97 Å². The van der Waals surface area contributed by atoms with Crippen LogP contribution in [0.2, 0.25) is 19.6 Å². The number of halogens is 2. The van der Waals surface area contributed by atoms with E-state index in [0.29, 0.717) is 12.8 Å². The van der Waals surface area contributed by atoms with E-state index in [9.17, 15) is 4.79 Å². The lowest BCUT2D eigenvalue weighted by atomic mass is 9.98. The Labute approximate surface area is 131 Å². The molecule has 0 aromatic heterocycles. The van der Waals surface area contributed by atoms with Crippen LogP contribution < -0.4 is 0 Å². The maximum absolute atomic E-state index is 11.4. The smallest absolute Gasteiger partial charge is 0.308 e. The number of ether oxygens (including phenoxy) is 2. The first-order valence-corrected chi connectivity index (χ1v) is 11.3. The van der Waals surface area contributed by atoms with Gasteiger partial charge in [0.2, 0.25) is 0 Å². The Morgan fingerprint density at radius 1 is 1.37 bits per heavy atom. The summed E-state index contributed by atoms with van der Waals surface area (Å²) in [6, 6.07) is 0. The molecule has 0 amide bonds. The lowest BCUT2D eigenvalue weighted by Gasteiger charge is -2.39. The molecule has 0 bridgehead atoms. The molecule has 2 aliphatic rings. The molecule has 0 unspecified atom stereocenters. The largest absolute Gasteiger partial charge is 0.459 e. The predicted molar refractivity (Wildman–Crippen MR) is 81.9 cm³/mol. The van der Waals surface area contributed by atoms with Crippen LogP contribution in [0.1, 0.15) is 12.8 Å². The number of carbonyl (C=O) groups excluding carboxylic acids is 1. The molecule has 4 atom stereocenters. The fraction of sp³-hybridized carbons (Fsp3) is 0.750. The zero-order chi connectivity index (χ0) is 14.2. The third-order valence-corrected chi connectivity index (χ3v) is 4.56. The van der Waals surface area contributed by atoms with E-state index in [2.05, 4.69) is 51.5 Å². The molecule has 0 saturated carbocycles. The lowest BCUT2D eigenvalue weighted by Crippen LogP contribution is -2.49. The first kappa shape index (κ1) is 15.7. The van der Waals surface area contributed by atoms with Gasteiger partial charge < -0.3 is 13.9 Å². The summed E-state index contributed by atoms with van der Waals surface area (Å²) in [7, 11) is -1.68. The standard InChI is InChI=1S/C12H18Br2O4Si/c1-19(2,3)18-10-4-7-9(6-12(15)17-7)16-8(10)5-11(13)14/h5,7-10H,4,6H2,1-3H3/t7-,8-,9-,10-/m1/s1. The van der Waals surface area contributed by atoms with Gasteiger partial charge in [0.1, 0.15) is 18.3 Å². The van der Waals surface area contributed by atoms with Crippen molar-refractivity contribution in [1.82, 2.24) is 0 Å². The number of rotatable bonds is 3. The summed E-state index contributed by atoms with van der Waals surface area (Å²) in [4.78, 5) is 11.4. The van der Waals surface area contributed by atoms with E-state index < -0.39 is 8.32 Å². The van der Waals surface area contributed by atoms with Crippen molar-refractivity contribution in [1.29, 1.82) is 0 Å². The van der Waals surface area contributed by atoms with E-state index in [1.165, 1.54) is 0 Å². The lowest BCUT2D eigenvalue weighted by molar-refractivity contribution is -0.150. The van der Waals surface area contributed by atoms with Gasteiger partial charge in [-0.05, 0) is 57.6 Å². The van der Waals surface area contributed by atoms with Gasteiger partial charge in [-0.25, -0.2) is 0 Å². The SMILES string of the molecule is C[Si](C)(C)O[C@@H]1C[C@H]2OC(=O)C[C@H]2O[C@@H]1C=C(Br)Br. The molecule has 0 aromatic rings. The highest BCUT2D eigenvalue weighted by Gasteiger charge is 2.45. The number of hydrogen-bond acceptors (Lipinski definition) is 4. The van der Waals surface area contributed by atoms with Gasteiger partial charge in [0, 0.05) is 6.42 Å². The van der Waals surface area contributed by atoms with Crippen LogP contribution in [0.3, 0.4) is 0 Å². The van der Waals surface area contributed by atoms with E-state index in [1.807, 2.05) is 6.08 Å². The predicted octanol–water partition coefficient (Wildman–Crippen LogP) is 3.31. The van der Waals surface area contributed by atoms with Crippen molar-refractivity contribution in [3.05, 3.63) is 9.47 Å². The molecule has 0 spiro atoms. The van der Waals surface area contributed by atoms with Crippen molar-refractivity contribution >= 4 is 46.1 Å². The van der Waals surface area contributed by atoms with Crippen LogP contribution >= 0.6 is 31.9 Å². The van der Waals surface area contributed by atoms with Crippen LogP contribution in [0, 0.1) is 0 Å². The topological polar surface area (TPSA) is 44.8 Å². The van der Waals surface area contributed by atoms with Crippen LogP contribution in [0.15, 0.2) is 9.47 Å². The second-order valence-electron chi connectivity index (χ2n) is 5.83. The summed E-state index contributed by atoms with van der Waals surface area (Å²) in [5, 5.41) is 0. The Balaban J connectivity index is 2.13. The second-order valence-corrected chi connectivity index (χ2v) is 13.1. The first-order valence-electron chi connectivity index (χ1n) is 6.30. The highest BCUT2D eigenvalue weighted by atomic mass is 79.9. The average molecular weight is 414 g/mol. The van der Waals surface area contributed by atoms with Gasteiger partial charge in [-0.15, -0.1) is 0 Å². The van der Waals surface area contributed by atoms with Crippen LogP contribution in [0.25, 0.3) is 0 Å². The summed E-state index contributed by atoms with van der Waals surface area (Å²) < 4.78 is 18.3. The van der Waals surface area contributed by atoms with E-state index in [-0.39, 0.29) is 30.4 Å². The minimum Gasteiger partial charge on any atom is -0.459 e. The van der Waals surface area contributed by atoms with Crippen molar-refractivity contribution in [2.45, 2.75) is 56.9 Å². The van der Waals surface area contributed by atoms with Crippen molar-refractivity contribution in [2.24, 2.45) is 0 Å². The fourth-order valence-corrected chi connectivity index (χ4v) is 4.08. The average Bonchev–Trinajstić information content (AvgIpc) is 2.54. The Kier molecular flexibility index (Phi) is 4.93. The molecule has 2 saturated heterocycles. The molecule has 2 fully saturated rings. The van der Waals surface area contributed by atoms with Gasteiger partial charge in [0.15, 0.2) is 8.32 Å². The van der Waals surface area contributed by atoms with Gasteiger partial charge in [-0.1, -0.05) is 0 Å². The number of esters is 1. The van der Waals surface area contributed by atoms with Gasteiger partial charge in [0.25, 0.3) is 0 Å². The van der Waals surface area contributed by atoms with Crippen LogP contribution in [0.4, 0.5) is 0 Å². The second kappa shape index (κ2) is 5.97. The first-order chi connectivity index (χ1) is 8.74. The van der Waals surface area contributed by atoms with Crippen LogP contribution in [0.5, 0.6) is 0 Å². The third-order valence-electron chi connectivity index (χ3n) is 3.02. The molecule has 2 heterocycles. The monoisotopic (exact) mass is 412 g/mol. The molecule has 108 valence electrons. The summed E-state index contributed by atoms with van der Waals surface area (Å²) in [5.74, 6) is -0.177. The minimum absolute atomic E-state index is 0.0658. The van der Waals surface area contributed by atoms with Gasteiger partial charge in [-0.3, -0.25) is 4.79 Å². The molecule has 0 radical (unpaired) electrons. The molecule has 4 nitrogen and oxygen atoms in total.